The van der Waals surface area contributed by atoms with E-state index < -0.39 is 5.60 Å². The van der Waals surface area contributed by atoms with E-state index >= 15 is 0 Å². The first kappa shape index (κ1) is 27.6. The molecule has 2 heterocycles. The SMILES string of the molecule is CC(C)(C)OC(=O)N1CCOC[C@H]1CO.Cl.OC[C@@H]1COCCN1Cc1ccccc1. The molecule has 0 radical (unpaired) electrons. The fourth-order valence-electron chi connectivity index (χ4n) is 3.25. The molecule has 8 nitrogen and oxygen atoms in total. The van der Waals surface area contributed by atoms with Gasteiger partial charge < -0.3 is 24.4 Å². The second kappa shape index (κ2) is 13.9. The topological polar surface area (TPSA) is 91.7 Å². The van der Waals surface area contributed by atoms with Gasteiger partial charge >= 0.3 is 6.09 Å². The van der Waals surface area contributed by atoms with E-state index in [1.807, 2.05) is 39.0 Å². The van der Waals surface area contributed by atoms with Crippen molar-refractivity contribution in [3.05, 3.63) is 35.9 Å². The molecule has 2 N–H and O–H groups in total. The molecule has 0 aromatic heterocycles. The number of carbonyl (C=O) groups excluding carboxylic acids is 1. The smallest absolute Gasteiger partial charge is 0.410 e. The highest BCUT2D eigenvalue weighted by Crippen LogP contribution is 2.14. The van der Waals surface area contributed by atoms with Crippen LogP contribution in [0.4, 0.5) is 4.79 Å². The highest BCUT2D eigenvalue weighted by atomic mass is 35.5. The maximum Gasteiger partial charge on any atom is 0.410 e. The molecule has 0 bridgehead atoms. The fraction of sp³-hybridized carbons (Fsp3) is 0.682. The number of nitrogens with zero attached hydrogens (tertiary/aromatic N) is 2. The lowest BCUT2D eigenvalue weighted by atomic mass is 10.1. The van der Waals surface area contributed by atoms with E-state index in [-0.39, 0.29) is 43.8 Å². The van der Waals surface area contributed by atoms with Gasteiger partial charge in [-0.15, -0.1) is 12.4 Å². The molecule has 0 aliphatic carbocycles. The summed E-state index contributed by atoms with van der Waals surface area (Å²) in [6.45, 7) is 10.1. The van der Waals surface area contributed by atoms with Gasteiger partial charge in [0.1, 0.15) is 5.60 Å². The molecule has 2 aliphatic rings. The number of amides is 1. The Morgan fingerprint density at radius 2 is 1.61 bits per heavy atom. The van der Waals surface area contributed by atoms with Crippen LogP contribution in [0, 0.1) is 0 Å². The zero-order valence-corrected chi connectivity index (χ0v) is 19.6. The first-order valence-electron chi connectivity index (χ1n) is 10.5. The van der Waals surface area contributed by atoms with E-state index in [1.165, 1.54) is 10.5 Å². The minimum atomic E-state index is -0.505. The Labute approximate surface area is 191 Å². The van der Waals surface area contributed by atoms with E-state index in [9.17, 15) is 9.90 Å². The highest BCUT2D eigenvalue weighted by molar-refractivity contribution is 5.85. The molecule has 2 atom stereocenters. The normalized spacial score (nSPS) is 22.0. The minimum Gasteiger partial charge on any atom is -0.444 e. The third-order valence-electron chi connectivity index (χ3n) is 4.86. The van der Waals surface area contributed by atoms with Gasteiger partial charge in [-0.3, -0.25) is 9.80 Å². The third kappa shape index (κ3) is 9.72. The van der Waals surface area contributed by atoms with Crippen molar-refractivity contribution in [1.29, 1.82) is 0 Å². The molecular weight excluding hydrogens is 424 g/mol. The highest BCUT2D eigenvalue weighted by Gasteiger charge is 2.30. The number of aliphatic hydroxyl groups excluding tert-OH is 2. The summed E-state index contributed by atoms with van der Waals surface area (Å²) in [5.74, 6) is 0. The Kier molecular flexibility index (Phi) is 12.4. The lowest BCUT2D eigenvalue weighted by Crippen LogP contribution is -2.51. The largest absolute Gasteiger partial charge is 0.444 e. The summed E-state index contributed by atoms with van der Waals surface area (Å²) in [6, 6.07) is 10.2. The summed E-state index contributed by atoms with van der Waals surface area (Å²) in [7, 11) is 0. The van der Waals surface area contributed by atoms with Crippen molar-refractivity contribution in [3.8, 4) is 0 Å². The van der Waals surface area contributed by atoms with Crippen molar-refractivity contribution in [3.63, 3.8) is 0 Å². The van der Waals surface area contributed by atoms with Gasteiger partial charge in [0, 0.05) is 19.6 Å². The maximum atomic E-state index is 11.7. The van der Waals surface area contributed by atoms with Gasteiger partial charge in [-0.2, -0.15) is 0 Å². The molecule has 0 saturated carbocycles. The van der Waals surface area contributed by atoms with Crippen molar-refractivity contribution in [1.82, 2.24) is 9.80 Å². The summed E-state index contributed by atoms with van der Waals surface area (Å²) in [5.41, 5.74) is 0.785. The van der Waals surface area contributed by atoms with E-state index in [0.717, 1.165) is 19.7 Å². The average molecular weight is 461 g/mol. The number of hydrogen-bond donors (Lipinski definition) is 2. The van der Waals surface area contributed by atoms with Gasteiger partial charge in [0.15, 0.2) is 0 Å². The molecule has 178 valence electrons. The minimum absolute atomic E-state index is 0. The number of carbonyl (C=O) groups is 1. The van der Waals surface area contributed by atoms with Crippen molar-refractivity contribution < 1.29 is 29.2 Å². The first-order chi connectivity index (χ1) is 14.3. The zero-order valence-electron chi connectivity index (χ0n) is 18.7. The molecule has 2 saturated heterocycles. The number of benzene rings is 1. The van der Waals surface area contributed by atoms with Gasteiger partial charge in [-0.05, 0) is 26.3 Å². The number of aliphatic hydroxyl groups is 2. The number of halogens is 1. The molecule has 2 fully saturated rings. The van der Waals surface area contributed by atoms with Crippen LogP contribution in [0.5, 0.6) is 0 Å². The Morgan fingerprint density at radius 1 is 1.03 bits per heavy atom. The second-order valence-corrected chi connectivity index (χ2v) is 8.45. The molecule has 9 heteroatoms. The van der Waals surface area contributed by atoms with Crippen LogP contribution in [0.25, 0.3) is 0 Å². The predicted octanol–water partition coefficient (Wildman–Crippen LogP) is 1.92. The van der Waals surface area contributed by atoms with Crippen LogP contribution in [0.2, 0.25) is 0 Å². The predicted molar refractivity (Wildman–Crippen MR) is 120 cm³/mol. The Balaban J connectivity index is 0.000000300. The van der Waals surface area contributed by atoms with Gasteiger partial charge in [-0.25, -0.2) is 4.79 Å². The van der Waals surface area contributed by atoms with Gasteiger partial charge in [0.05, 0.1) is 51.7 Å². The molecular formula is C22H37ClN2O6. The molecule has 3 rings (SSSR count). The number of rotatable bonds is 4. The van der Waals surface area contributed by atoms with Crippen LogP contribution in [0.1, 0.15) is 26.3 Å². The van der Waals surface area contributed by atoms with E-state index in [2.05, 4.69) is 17.0 Å². The van der Waals surface area contributed by atoms with E-state index in [1.54, 1.807) is 0 Å². The van der Waals surface area contributed by atoms with Crippen molar-refractivity contribution in [2.45, 2.75) is 45.0 Å². The standard InChI is InChI=1S/C12H17NO2.C10H19NO4.ClH/c14-9-12-10-15-7-6-13(12)8-11-4-2-1-3-5-11;1-10(2,3)15-9(13)11-4-5-14-7-8(11)6-12;/h1-5,12,14H,6-10H2;8,12H,4-7H2,1-3H3;1H/t12-;8-;/m11./s1. The fourth-order valence-corrected chi connectivity index (χ4v) is 3.25. The van der Waals surface area contributed by atoms with Crippen LogP contribution >= 0.6 is 12.4 Å². The van der Waals surface area contributed by atoms with Gasteiger partial charge in [-0.1, -0.05) is 30.3 Å². The molecule has 1 aromatic carbocycles. The summed E-state index contributed by atoms with van der Waals surface area (Å²) in [5, 5.41) is 18.3. The summed E-state index contributed by atoms with van der Waals surface area (Å²) >= 11 is 0. The van der Waals surface area contributed by atoms with Crippen molar-refractivity contribution in [2.75, 3.05) is 52.7 Å². The van der Waals surface area contributed by atoms with Crippen molar-refractivity contribution >= 4 is 18.5 Å². The van der Waals surface area contributed by atoms with Gasteiger partial charge in [0.25, 0.3) is 0 Å². The van der Waals surface area contributed by atoms with Crippen LogP contribution in [-0.4, -0.2) is 96.5 Å². The number of ether oxygens (including phenoxy) is 3. The van der Waals surface area contributed by atoms with Gasteiger partial charge in [0.2, 0.25) is 0 Å². The second-order valence-electron chi connectivity index (χ2n) is 8.45. The Bertz CT molecular complexity index is 628. The quantitative estimate of drug-likeness (QED) is 0.709. The summed E-state index contributed by atoms with van der Waals surface area (Å²) < 4.78 is 15.7. The molecule has 0 spiro atoms. The Morgan fingerprint density at radius 3 is 2.19 bits per heavy atom. The lowest BCUT2D eigenvalue weighted by molar-refractivity contribution is -0.0444. The number of morpholine rings is 2. The van der Waals surface area contributed by atoms with Crippen LogP contribution in [0.15, 0.2) is 30.3 Å². The summed E-state index contributed by atoms with van der Waals surface area (Å²) in [4.78, 5) is 15.5. The monoisotopic (exact) mass is 460 g/mol. The van der Waals surface area contributed by atoms with E-state index in [4.69, 9.17) is 19.3 Å². The molecule has 2 aliphatic heterocycles. The number of hydrogen-bond acceptors (Lipinski definition) is 7. The van der Waals surface area contributed by atoms with Crippen molar-refractivity contribution in [2.24, 2.45) is 0 Å². The third-order valence-corrected chi connectivity index (χ3v) is 4.86. The van der Waals surface area contributed by atoms with Crippen LogP contribution < -0.4 is 0 Å². The Hall–Kier alpha value is -1.42. The average Bonchev–Trinajstić information content (AvgIpc) is 2.74. The molecule has 0 unspecified atom stereocenters. The summed E-state index contributed by atoms with van der Waals surface area (Å²) in [6.07, 6.45) is -0.384. The zero-order chi connectivity index (χ0) is 22.0. The first-order valence-corrected chi connectivity index (χ1v) is 10.5. The van der Waals surface area contributed by atoms with Crippen LogP contribution in [-0.2, 0) is 20.8 Å². The van der Waals surface area contributed by atoms with E-state index in [0.29, 0.717) is 26.4 Å². The van der Waals surface area contributed by atoms with Crippen LogP contribution in [0.3, 0.4) is 0 Å². The lowest BCUT2D eigenvalue weighted by Gasteiger charge is -2.35. The molecule has 1 amide bonds. The maximum absolute atomic E-state index is 11.7. The molecule has 31 heavy (non-hydrogen) atoms. The molecule has 1 aromatic rings.